The number of aliphatic imine (C=N–C) groups is 1. The number of hydrogen-bond acceptors (Lipinski definition) is 7. The monoisotopic (exact) mass is 526 g/mol. The molecule has 0 heterocycles. The van der Waals surface area contributed by atoms with Crippen LogP contribution in [0.2, 0.25) is 0 Å². The number of carbonyl (C=O) groups excluding carboxylic acids is 4. The lowest BCUT2D eigenvalue weighted by atomic mass is 9.83. The summed E-state index contributed by atoms with van der Waals surface area (Å²) in [6.07, 6.45) is 6.37. The zero-order valence-corrected chi connectivity index (χ0v) is 22.3. The van der Waals surface area contributed by atoms with E-state index in [9.17, 15) is 24.3 Å². The number of nitrogens with one attached hydrogen (secondary N) is 3. The van der Waals surface area contributed by atoms with E-state index in [4.69, 9.17) is 22.9 Å². The molecule has 13 nitrogen and oxygen atoms in total. The Kier molecular flexibility index (Phi) is 13.3. The van der Waals surface area contributed by atoms with Gasteiger partial charge in [-0.1, -0.05) is 52.9 Å². The van der Waals surface area contributed by atoms with Crippen LogP contribution in [-0.4, -0.2) is 72.0 Å². The minimum atomic E-state index is -1.29. The maximum absolute atomic E-state index is 13.4. The van der Waals surface area contributed by atoms with Gasteiger partial charge in [-0.05, 0) is 30.6 Å². The van der Waals surface area contributed by atoms with Crippen molar-refractivity contribution in [1.82, 2.24) is 16.0 Å². The molecular weight excluding hydrogens is 480 g/mol. The number of amides is 4. The average molecular weight is 527 g/mol. The molecular formula is C24H46N8O5. The summed E-state index contributed by atoms with van der Waals surface area (Å²) in [4.78, 5) is 54.6. The van der Waals surface area contributed by atoms with E-state index in [2.05, 4.69) is 20.9 Å². The Balaban J connectivity index is 2.99. The van der Waals surface area contributed by atoms with Crippen LogP contribution in [0.4, 0.5) is 0 Å². The van der Waals surface area contributed by atoms with Crippen molar-refractivity contribution in [3.8, 4) is 0 Å². The number of nitrogens with zero attached hydrogens (tertiary/aromatic N) is 1. The summed E-state index contributed by atoms with van der Waals surface area (Å²) in [6.45, 7) is 4.90. The average Bonchev–Trinajstić information content (AvgIpc) is 2.82. The van der Waals surface area contributed by atoms with E-state index >= 15 is 0 Å². The Hall–Kier alpha value is -2.93. The van der Waals surface area contributed by atoms with Gasteiger partial charge in [0.15, 0.2) is 5.96 Å². The maximum atomic E-state index is 13.4. The van der Waals surface area contributed by atoms with Crippen LogP contribution in [0, 0.1) is 11.3 Å². The van der Waals surface area contributed by atoms with E-state index in [1.807, 2.05) is 0 Å². The van der Waals surface area contributed by atoms with Gasteiger partial charge in [-0.2, -0.15) is 0 Å². The molecule has 0 aromatic rings. The molecule has 0 aromatic heterocycles. The van der Waals surface area contributed by atoms with E-state index in [-0.39, 0.29) is 11.9 Å². The van der Waals surface area contributed by atoms with Gasteiger partial charge in [-0.25, -0.2) is 0 Å². The zero-order chi connectivity index (χ0) is 28.2. The van der Waals surface area contributed by atoms with Gasteiger partial charge in [-0.15, -0.1) is 0 Å². The minimum Gasteiger partial charge on any atom is -0.394 e. The molecule has 4 amide bonds. The third-order valence-electron chi connectivity index (χ3n) is 6.49. The second kappa shape index (κ2) is 15.4. The molecule has 37 heavy (non-hydrogen) atoms. The highest BCUT2D eigenvalue weighted by Crippen LogP contribution is 2.28. The van der Waals surface area contributed by atoms with Gasteiger partial charge in [0.25, 0.3) is 0 Å². The van der Waals surface area contributed by atoms with E-state index in [1.54, 1.807) is 20.8 Å². The number of aliphatic hydroxyl groups is 1. The van der Waals surface area contributed by atoms with Gasteiger partial charge < -0.3 is 44.0 Å². The molecule has 0 aromatic carbocycles. The predicted octanol–water partition coefficient (Wildman–Crippen LogP) is -1.68. The highest BCUT2D eigenvalue weighted by Gasteiger charge is 2.37. The molecule has 0 spiro atoms. The van der Waals surface area contributed by atoms with Crippen LogP contribution >= 0.6 is 0 Å². The van der Waals surface area contributed by atoms with Crippen LogP contribution in [0.1, 0.15) is 72.1 Å². The number of primary amides is 1. The van der Waals surface area contributed by atoms with Crippen molar-refractivity contribution in [2.24, 2.45) is 39.3 Å². The highest BCUT2D eigenvalue weighted by atomic mass is 16.3. The molecule has 12 N–H and O–H groups in total. The Bertz CT molecular complexity index is 803. The molecule has 4 atom stereocenters. The van der Waals surface area contributed by atoms with Crippen LogP contribution in [0.15, 0.2) is 4.99 Å². The lowest BCUT2D eigenvalue weighted by molar-refractivity contribution is -0.136. The van der Waals surface area contributed by atoms with Crippen molar-refractivity contribution >= 4 is 29.6 Å². The number of hydrogen-bond donors (Lipinski definition) is 8. The summed E-state index contributed by atoms with van der Waals surface area (Å²) >= 11 is 0. The Morgan fingerprint density at radius 1 is 0.919 bits per heavy atom. The first-order valence-electron chi connectivity index (χ1n) is 12.9. The Morgan fingerprint density at radius 2 is 1.51 bits per heavy atom. The Morgan fingerprint density at radius 3 is 2.03 bits per heavy atom. The number of guanidine groups is 1. The van der Waals surface area contributed by atoms with Crippen molar-refractivity contribution in [2.75, 3.05) is 13.2 Å². The third kappa shape index (κ3) is 11.8. The summed E-state index contributed by atoms with van der Waals surface area (Å²) in [5.41, 5.74) is 21.1. The number of carbonyl (C=O) groups is 4. The fourth-order valence-corrected chi connectivity index (χ4v) is 4.30. The van der Waals surface area contributed by atoms with Gasteiger partial charge in [0.2, 0.25) is 23.6 Å². The summed E-state index contributed by atoms with van der Waals surface area (Å²) in [5.74, 6) is -2.36. The van der Waals surface area contributed by atoms with Crippen molar-refractivity contribution < 1.29 is 24.3 Å². The van der Waals surface area contributed by atoms with Crippen molar-refractivity contribution in [3.05, 3.63) is 0 Å². The molecule has 0 unspecified atom stereocenters. The van der Waals surface area contributed by atoms with Crippen molar-refractivity contribution in [1.29, 1.82) is 0 Å². The lowest BCUT2D eigenvalue weighted by Crippen LogP contribution is -2.61. The van der Waals surface area contributed by atoms with Crippen LogP contribution < -0.4 is 38.9 Å². The SMILES string of the molecule is CC(C)(C)[C@H](NC(=O)[C@H](CC1CCCCC1)NC(=O)[C@@H](N)CCCN=C(N)N)C(=O)N[C@@H](CO)C(N)=O. The third-order valence-corrected chi connectivity index (χ3v) is 6.49. The molecule has 1 aliphatic rings. The van der Waals surface area contributed by atoms with Crippen LogP contribution in [0.25, 0.3) is 0 Å². The minimum absolute atomic E-state index is 0.0409. The summed E-state index contributed by atoms with van der Waals surface area (Å²) in [7, 11) is 0. The molecule has 1 rings (SSSR count). The molecule has 212 valence electrons. The standard InChI is InChI=1S/C24H46N8O5/c1-24(2,3)18(22(37)31-17(13-33)19(26)34)32-21(36)16(12-14-8-5-4-6-9-14)30-20(35)15(25)10-7-11-29-23(27)28/h14-18,33H,4-13,25H2,1-3H3,(H2,26,34)(H,30,35)(H,31,37)(H,32,36)(H4,27,28,29)/t15-,16-,17-,18+/m0/s1. The normalized spacial score (nSPS) is 17.5. The number of aliphatic hydroxyl groups excluding tert-OH is 1. The van der Waals surface area contributed by atoms with Gasteiger partial charge in [0.05, 0.1) is 12.6 Å². The number of nitrogens with two attached hydrogens (primary N) is 4. The van der Waals surface area contributed by atoms with E-state index in [0.29, 0.717) is 25.8 Å². The smallest absolute Gasteiger partial charge is 0.243 e. The molecule has 0 bridgehead atoms. The molecule has 0 saturated heterocycles. The second-order valence-electron chi connectivity index (χ2n) is 10.8. The Labute approximate surface area is 218 Å². The maximum Gasteiger partial charge on any atom is 0.243 e. The zero-order valence-electron chi connectivity index (χ0n) is 22.3. The molecule has 1 aliphatic carbocycles. The van der Waals surface area contributed by atoms with Gasteiger partial charge in [-0.3, -0.25) is 24.2 Å². The molecule has 1 fully saturated rings. The van der Waals surface area contributed by atoms with E-state index in [0.717, 1.165) is 32.1 Å². The van der Waals surface area contributed by atoms with Gasteiger partial charge >= 0.3 is 0 Å². The summed E-state index contributed by atoms with van der Waals surface area (Å²) < 4.78 is 0. The number of rotatable bonds is 14. The first-order valence-corrected chi connectivity index (χ1v) is 12.9. The van der Waals surface area contributed by atoms with Crippen LogP contribution in [0.5, 0.6) is 0 Å². The van der Waals surface area contributed by atoms with Gasteiger partial charge in [0, 0.05) is 6.54 Å². The van der Waals surface area contributed by atoms with Crippen molar-refractivity contribution in [3.63, 3.8) is 0 Å². The topological polar surface area (TPSA) is 241 Å². The largest absolute Gasteiger partial charge is 0.394 e. The highest BCUT2D eigenvalue weighted by molar-refractivity contribution is 5.95. The molecule has 0 aliphatic heterocycles. The van der Waals surface area contributed by atoms with Crippen LogP contribution in [0.3, 0.4) is 0 Å². The molecule has 13 heteroatoms. The van der Waals surface area contributed by atoms with Gasteiger partial charge in [0.1, 0.15) is 18.1 Å². The van der Waals surface area contributed by atoms with E-state index < -0.39 is 59.8 Å². The van der Waals surface area contributed by atoms with Crippen LogP contribution in [-0.2, 0) is 19.2 Å². The molecule has 0 radical (unpaired) electrons. The lowest BCUT2D eigenvalue weighted by Gasteiger charge is -2.33. The second-order valence-corrected chi connectivity index (χ2v) is 10.8. The molecule has 1 saturated carbocycles. The first-order chi connectivity index (χ1) is 17.3. The fourth-order valence-electron chi connectivity index (χ4n) is 4.30. The fraction of sp³-hybridized carbons (Fsp3) is 0.792. The predicted molar refractivity (Wildman–Crippen MR) is 141 cm³/mol. The summed E-state index contributed by atoms with van der Waals surface area (Å²) in [5, 5.41) is 17.2. The van der Waals surface area contributed by atoms with Crippen molar-refractivity contribution in [2.45, 2.75) is 96.3 Å². The quantitative estimate of drug-likeness (QED) is 0.0736. The first kappa shape index (κ1) is 32.1. The van der Waals surface area contributed by atoms with E-state index in [1.165, 1.54) is 0 Å². The summed E-state index contributed by atoms with van der Waals surface area (Å²) in [6, 6.07) is -4.11.